The van der Waals surface area contributed by atoms with E-state index in [4.69, 9.17) is 9.47 Å². The fourth-order valence-corrected chi connectivity index (χ4v) is 2.16. The fourth-order valence-electron chi connectivity index (χ4n) is 2.16. The zero-order valence-electron chi connectivity index (χ0n) is 11.7. The van der Waals surface area contributed by atoms with Crippen molar-refractivity contribution < 1.29 is 9.47 Å². The van der Waals surface area contributed by atoms with E-state index in [0.29, 0.717) is 12.0 Å². The van der Waals surface area contributed by atoms with Gasteiger partial charge in [0.1, 0.15) is 0 Å². The van der Waals surface area contributed by atoms with Gasteiger partial charge in [0.05, 0.1) is 14.2 Å². The molecule has 2 heterocycles. The quantitative estimate of drug-likeness (QED) is 0.845. The lowest BCUT2D eigenvalue weighted by Gasteiger charge is -2.31. The topological polar surface area (TPSA) is 72.4 Å². The Morgan fingerprint density at radius 3 is 2.16 bits per heavy atom. The third-order valence-corrected chi connectivity index (χ3v) is 3.33. The van der Waals surface area contributed by atoms with Gasteiger partial charge in [-0.2, -0.15) is 9.97 Å². The second-order valence-corrected chi connectivity index (χ2v) is 4.49. The Hall–Kier alpha value is -1.63. The molecule has 1 saturated heterocycles. The van der Waals surface area contributed by atoms with Gasteiger partial charge in [0.15, 0.2) is 0 Å². The van der Waals surface area contributed by atoms with E-state index in [1.54, 1.807) is 0 Å². The predicted molar refractivity (Wildman–Crippen MR) is 71.7 cm³/mol. The number of ether oxygens (including phenoxy) is 2. The lowest BCUT2D eigenvalue weighted by molar-refractivity contribution is 0.229. The van der Waals surface area contributed by atoms with Gasteiger partial charge in [0.25, 0.3) is 0 Å². The summed E-state index contributed by atoms with van der Waals surface area (Å²) >= 11 is 0. The van der Waals surface area contributed by atoms with E-state index >= 15 is 0 Å². The number of likely N-dealkylation sites (tertiary alicyclic amines) is 1. The molecule has 0 unspecified atom stereocenters. The normalized spacial score (nSPS) is 17.2. The Balaban J connectivity index is 1.99. The SMILES string of the molecule is CCN1CCC(Nc2nc(OC)nc(OC)n2)CC1. The van der Waals surface area contributed by atoms with Crippen molar-refractivity contribution in [1.29, 1.82) is 0 Å². The van der Waals surface area contributed by atoms with Crippen LogP contribution < -0.4 is 14.8 Å². The molecule has 19 heavy (non-hydrogen) atoms. The number of rotatable bonds is 5. The van der Waals surface area contributed by atoms with E-state index in [1.165, 1.54) is 14.2 Å². The van der Waals surface area contributed by atoms with Crippen LogP contribution in [0.3, 0.4) is 0 Å². The van der Waals surface area contributed by atoms with E-state index in [0.717, 1.165) is 32.5 Å². The third-order valence-electron chi connectivity index (χ3n) is 3.33. The van der Waals surface area contributed by atoms with Gasteiger partial charge in [0.2, 0.25) is 5.95 Å². The van der Waals surface area contributed by atoms with Crippen LogP contribution >= 0.6 is 0 Å². The molecular weight excluding hydrogens is 246 g/mol. The minimum absolute atomic E-state index is 0.264. The Kier molecular flexibility index (Phi) is 4.73. The molecule has 1 aromatic rings. The molecule has 0 amide bonds. The predicted octanol–water partition coefficient (Wildman–Crippen LogP) is 0.785. The van der Waals surface area contributed by atoms with Crippen LogP contribution in [-0.2, 0) is 0 Å². The van der Waals surface area contributed by atoms with Crippen molar-refractivity contribution in [1.82, 2.24) is 19.9 Å². The lowest BCUT2D eigenvalue weighted by Crippen LogP contribution is -2.39. The van der Waals surface area contributed by atoms with E-state index in [2.05, 4.69) is 32.1 Å². The number of nitrogens with zero attached hydrogens (tertiary/aromatic N) is 4. The molecule has 7 heteroatoms. The first-order chi connectivity index (χ1) is 9.25. The van der Waals surface area contributed by atoms with Crippen molar-refractivity contribution in [2.45, 2.75) is 25.8 Å². The molecule has 7 nitrogen and oxygen atoms in total. The van der Waals surface area contributed by atoms with Crippen molar-refractivity contribution in [2.75, 3.05) is 39.2 Å². The Morgan fingerprint density at radius 1 is 1.11 bits per heavy atom. The standard InChI is InChI=1S/C12H21N5O2/c1-4-17-7-5-9(6-8-17)13-10-14-11(18-2)16-12(15-10)19-3/h9H,4-8H2,1-3H3,(H,13,14,15,16). The first kappa shape index (κ1) is 13.8. The molecule has 0 atom stereocenters. The van der Waals surface area contributed by atoms with Gasteiger partial charge in [-0.25, -0.2) is 0 Å². The third kappa shape index (κ3) is 3.66. The zero-order chi connectivity index (χ0) is 13.7. The summed E-state index contributed by atoms with van der Waals surface area (Å²) in [6.07, 6.45) is 2.17. The minimum atomic E-state index is 0.264. The summed E-state index contributed by atoms with van der Waals surface area (Å²) in [6.45, 7) is 5.51. The van der Waals surface area contributed by atoms with Crippen LogP contribution in [0.1, 0.15) is 19.8 Å². The summed E-state index contributed by atoms with van der Waals surface area (Å²) in [6, 6.07) is 0.917. The molecule has 1 N–H and O–H groups in total. The van der Waals surface area contributed by atoms with Gasteiger partial charge in [-0.1, -0.05) is 6.92 Å². The van der Waals surface area contributed by atoms with Crippen molar-refractivity contribution >= 4 is 5.95 Å². The molecule has 0 saturated carbocycles. The highest BCUT2D eigenvalue weighted by Crippen LogP contribution is 2.17. The zero-order valence-corrected chi connectivity index (χ0v) is 11.7. The minimum Gasteiger partial charge on any atom is -0.467 e. The highest BCUT2D eigenvalue weighted by molar-refractivity contribution is 5.29. The van der Waals surface area contributed by atoms with Crippen molar-refractivity contribution in [3.05, 3.63) is 0 Å². The molecule has 1 aliphatic heterocycles. The van der Waals surface area contributed by atoms with E-state index in [-0.39, 0.29) is 12.0 Å². The van der Waals surface area contributed by atoms with Crippen LogP contribution in [-0.4, -0.2) is 59.7 Å². The molecule has 2 rings (SSSR count). The number of nitrogens with one attached hydrogen (secondary N) is 1. The first-order valence-electron chi connectivity index (χ1n) is 6.58. The van der Waals surface area contributed by atoms with Gasteiger partial charge in [-0.15, -0.1) is 4.98 Å². The lowest BCUT2D eigenvalue weighted by atomic mass is 10.1. The maximum atomic E-state index is 5.03. The van der Waals surface area contributed by atoms with Gasteiger partial charge in [-0.3, -0.25) is 0 Å². The highest BCUT2D eigenvalue weighted by atomic mass is 16.5. The number of aromatic nitrogens is 3. The Morgan fingerprint density at radius 2 is 1.68 bits per heavy atom. The summed E-state index contributed by atoms with van der Waals surface area (Å²) in [7, 11) is 3.05. The summed E-state index contributed by atoms with van der Waals surface area (Å²) in [5, 5.41) is 3.33. The molecule has 1 aromatic heterocycles. The van der Waals surface area contributed by atoms with Gasteiger partial charge < -0.3 is 19.7 Å². The largest absolute Gasteiger partial charge is 0.467 e. The first-order valence-corrected chi connectivity index (χ1v) is 6.58. The summed E-state index contributed by atoms with van der Waals surface area (Å²) in [5.74, 6) is 0.513. The van der Waals surface area contributed by atoms with Crippen LogP contribution in [0, 0.1) is 0 Å². The van der Waals surface area contributed by atoms with E-state index < -0.39 is 0 Å². The average Bonchev–Trinajstić information content (AvgIpc) is 2.47. The Labute approximate surface area is 113 Å². The van der Waals surface area contributed by atoms with Crippen LogP contribution in [0.5, 0.6) is 12.0 Å². The average molecular weight is 267 g/mol. The summed E-state index contributed by atoms with van der Waals surface area (Å²) in [5.41, 5.74) is 0. The monoisotopic (exact) mass is 267 g/mol. The molecule has 0 radical (unpaired) electrons. The van der Waals surface area contributed by atoms with E-state index in [1.807, 2.05) is 0 Å². The number of anilines is 1. The molecule has 106 valence electrons. The maximum absolute atomic E-state index is 5.03. The number of hydrogen-bond acceptors (Lipinski definition) is 7. The number of methoxy groups -OCH3 is 2. The molecule has 0 aliphatic carbocycles. The highest BCUT2D eigenvalue weighted by Gasteiger charge is 2.19. The van der Waals surface area contributed by atoms with Gasteiger partial charge in [0, 0.05) is 19.1 Å². The molecule has 1 fully saturated rings. The van der Waals surface area contributed by atoms with Crippen molar-refractivity contribution in [3.63, 3.8) is 0 Å². The molecular formula is C12H21N5O2. The van der Waals surface area contributed by atoms with Crippen LogP contribution in [0.4, 0.5) is 5.95 Å². The number of hydrogen-bond donors (Lipinski definition) is 1. The van der Waals surface area contributed by atoms with E-state index in [9.17, 15) is 0 Å². The Bertz CT molecular complexity index is 385. The second kappa shape index (κ2) is 6.51. The molecule has 0 bridgehead atoms. The molecule has 0 spiro atoms. The summed E-state index contributed by atoms with van der Waals surface area (Å²) in [4.78, 5) is 14.8. The van der Waals surface area contributed by atoms with Gasteiger partial charge >= 0.3 is 12.0 Å². The fraction of sp³-hybridized carbons (Fsp3) is 0.750. The smallest absolute Gasteiger partial charge is 0.324 e. The number of piperidine rings is 1. The maximum Gasteiger partial charge on any atom is 0.324 e. The summed E-state index contributed by atoms with van der Waals surface area (Å²) < 4.78 is 10.1. The van der Waals surface area contributed by atoms with Gasteiger partial charge in [-0.05, 0) is 19.4 Å². The van der Waals surface area contributed by atoms with Crippen LogP contribution in [0.2, 0.25) is 0 Å². The second-order valence-electron chi connectivity index (χ2n) is 4.49. The van der Waals surface area contributed by atoms with Crippen molar-refractivity contribution in [2.24, 2.45) is 0 Å². The molecule has 0 aromatic carbocycles. The van der Waals surface area contributed by atoms with Crippen LogP contribution in [0.25, 0.3) is 0 Å². The molecule has 1 aliphatic rings. The van der Waals surface area contributed by atoms with Crippen molar-refractivity contribution in [3.8, 4) is 12.0 Å². The van der Waals surface area contributed by atoms with Crippen LogP contribution in [0.15, 0.2) is 0 Å².